The number of fused-ring (bicyclic) bond motifs is 7. The number of nitrogens with zero attached hydrogens (tertiary/aromatic N) is 2. The molecule has 29 heavy (non-hydrogen) atoms. The van der Waals surface area contributed by atoms with E-state index in [0.717, 1.165) is 29.2 Å². The van der Waals surface area contributed by atoms with Crippen LogP contribution in [-0.4, -0.2) is 34.7 Å². The molecule has 5 heteroatoms. The van der Waals surface area contributed by atoms with E-state index >= 15 is 0 Å². The number of hydrogen-bond donors (Lipinski definition) is 0. The molecule has 0 spiro atoms. The van der Waals surface area contributed by atoms with E-state index in [9.17, 15) is 4.79 Å². The summed E-state index contributed by atoms with van der Waals surface area (Å²) >= 11 is 0. The normalized spacial score (nSPS) is 27.9. The van der Waals surface area contributed by atoms with Crippen LogP contribution in [0, 0.1) is 5.92 Å². The molecule has 0 bridgehead atoms. The molecule has 0 aromatic heterocycles. The number of benzene rings is 2. The molecular formula is C24H24N2O3. The number of amides is 1. The predicted molar refractivity (Wildman–Crippen MR) is 109 cm³/mol. The van der Waals surface area contributed by atoms with Gasteiger partial charge in [0.25, 0.3) is 0 Å². The Morgan fingerprint density at radius 2 is 1.86 bits per heavy atom. The zero-order valence-electron chi connectivity index (χ0n) is 16.7. The number of ether oxygens (including phenoxy) is 2. The minimum atomic E-state index is -0.221. The number of hydrazine groups is 1. The summed E-state index contributed by atoms with van der Waals surface area (Å²) in [5.41, 5.74) is 4.51. The van der Waals surface area contributed by atoms with Crippen molar-refractivity contribution in [3.8, 4) is 11.5 Å². The van der Waals surface area contributed by atoms with Crippen molar-refractivity contribution in [2.75, 3.05) is 13.2 Å². The molecular weight excluding hydrogens is 364 g/mol. The van der Waals surface area contributed by atoms with Crippen LogP contribution >= 0.6 is 0 Å². The standard InChI is InChI=1S/C24H24N2O3/c1-24(2)14-21(27)25-19(12-15-6-4-3-5-7-15)18-13-17-16(22(18)26(24)25)8-9-20-23(17)29-11-10-28-20/h3-9,12,18,22H,10-11,13-14H2,1-2H3/b19-12+. The van der Waals surface area contributed by atoms with Crippen LogP contribution in [0.5, 0.6) is 11.5 Å². The van der Waals surface area contributed by atoms with Gasteiger partial charge in [-0.15, -0.1) is 0 Å². The van der Waals surface area contributed by atoms with Crippen LogP contribution in [0.3, 0.4) is 0 Å². The number of carbonyl (C=O) groups is 1. The van der Waals surface area contributed by atoms with Crippen molar-refractivity contribution in [3.63, 3.8) is 0 Å². The molecule has 5 nitrogen and oxygen atoms in total. The highest BCUT2D eigenvalue weighted by Crippen LogP contribution is 2.59. The second-order valence-electron chi connectivity index (χ2n) is 8.93. The first kappa shape index (κ1) is 17.1. The second-order valence-corrected chi connectivity index (χ2v) is 8.93. The van der Waals surface area contributed by atoms with Gasteiger partial charge in [0, 0.05) is 29.1 Å². The van der Waals surface area contributed by atoms with Gasteiger partial charge >= 0.3 is 0 Å². The van der Waals surface area contributed by atoms with Gasteiger partial charge in [-0.1, -0.05) is 36.4 Å². The average molecular weight is 388 g/mol. The Labute approximate surface area is 170 Å². The third kappa shape index (κ3) is 2.34. The van der Waals surface area contributed by atoms with Crippen molar-refractivity contribution in [2.45, 2.75) is 38.3 Å². The lowest BCUT2D eigenvalue weighted by atomic mass is 9.92. The summed E-state index contributed by atoms with van der Waals surface area (Å²) in [5.74, 6) is 2.16. The Balaban J connectivity index is 1.53. The molecule has 1 aliphatic carbocycles. The van der Waals surface area contributed by atoms with Crippen molar-refractivity contribution in [1.29, 1.82) is 0 Å². The van der Waals surface area contributed by atoms with Crippen molar-refractivity contribution < 1.29 is 14.3 Å². The lowest BCUT2D eigenvalue weighted by molar-refractivity contribution is -0.134. The Morgan fingerprint density at radius 3 is 2.69 bits per heavy atom. The maximum Gasteiger partial charge on any atom is 0.243 e. The largest absolute Gasteiger partial charge is 0.486 e. The van der Waals surface area contributed by atoms with E-state index in [1.165, 1.54) is 11.1 Å². The molecule has 0 saturated carbocycles. The Hall–Kier alpha value is -2.79. The summed E-state index contributed by atoms with van der Waals surface area (Å²) in [6, 6.07) is 14.6. The van der Waals surface area contributed by atoms with E-state index in [1.807, 2.05) is 29.3 Å². The van der Waals surface area contributed by atoms with Crippen molar-refractivity contribution in [2.24, 2.45) is 5.92 Å². The third-order valence-corrected chi connectivity index (χ3v) is 6.63. The quantitative estimate of drug-likeness (QED) is 0.742. The van der Waals surface area contributed by atoms with Crippen LogP contribution in [0.4, 0.5) is 0 Å². The predicted octanol–water partition coefficient (Wildman–Crippen LogP) is 3.95. The van der Waals surface area contributed by atoms with Crippen LogP contribution in [-0.2, 0) is 11.2 Å². The molecule has 2 aromatic rings. The lowest BCUT2D eigenvalue weighted by Gasteiger charge is -2.35. The second kappa shape index (κ2) is 5.86. The summed E-state index contributed by atoms with van der Waals surface area (Å²) in [7, 11) is 0. The van der Waals surface area contributed by atoms with Gasteiger partial charge in [-0.2, -0.15) is 5.01 Å². The number of carbonyl (C=O) groups excluding carboxylic acids is 1. The lowest BCUT2D eigenvalue weighted by Crippen LogP contribution is -2.43. The van der Waals surface area contributed by atoms with Crippen LogP contribution in [0.2, 0.25) is 0 Å². The summed E-state index contributed by atoms with van der Waals surface area (Å²) in [6.07, 6.45) is 3.58. The summed E-state index contributed by atoms with van der Waals surface area (Å²) < 4.78 is 11.8. The van der Waals surface area contributed by atoms with Gasteiger partial charge in [0.1, 0.15) is 13.2 Å². The minimum absolute atomic E-state index is 0.150. The van der Waals surface area contributed by atoms with E-state index in [4.69, 9.17) is 9.47 Å². The van der Waals surface area contributed by atoms with Gasteiger partial charge in [-0.3, -0.25) is 4.79 Å². The molecule has 2 atom stereocenters. The highest BCUT2D eigenvalue weighted by atomic mass is 16.6. The first-order valence-corrected chi connectivity index (χ1v) is 10.3. The maximum atomic E-state index is 13.0. The highest BCUT2D eigenvalue weighted by Gasteiger charge is 2.60. The SMILES string of the molecule is CC1(C)CC(=O)N2/C(=C/c3ccccc3)C3Cc4c(ccc5c4OCCO5)C3N21. The Morgan fingerprint density at radius 1 is 1.07 bits per heavy atom. The zero-order valence-corrected chi connectivity index (χ0v) is 16.7. The fraction of sp³-hybridized carbons (Fsp3) is 0.375. The maximum absolute atomic E-state index is 13.0. The van der Waals surface area contributed by atoms with Gasteiger partial charge < -0.3 is 9.47 Å². The number of hydrogen-bond acceptors (Lipinski definition) is 4. The van der Waals surface area contributed by atoms with Gasteiger partial charge in [0.2, 0.25) is 5.91 Å². The minimum Gasteiger partial charge on any atom is -0.486 e. The molecule has 2 fully saturated rings. The number of rotatable bonds is 1. The molecule has 2 unspecified atom stereocenters. The zero-order chi connectivity index (χ0) is 19.8. The summed E-state index contributed by atoms with van der Waals surface area (Å²) in [6.45, 7) is 5.53. The van der Waals surface area contributed by atoms with Crippen LogP contribution in [0.15, 0.2) is 48.2 Å². The van der Waals surface area contributed by atoms with Gasteiger partial charge in [-0.05, 0) is 43.5 Å². The first-order chi connectivity index (χ1) is 14.0. The van der Waals surface area contributed by atoms with Crippen molar-refractivity contribution >= 4 is 12.0 Å². The molecule has 6 rings (SSSR count). The Bertz CT molecular complexity index is 1040. The molecule has 2 saturated heterocycles. The summed E-state index contributed by atoms with van der Waals surface area (Å²) in [4.78, 5) is 13.0. The van der Waals surface area contributed by atoms with Crippen LogP contribution < -0.4 is 9.47 Å². The summed E-state index contributed by atoms with van der Waals surface area (Å²) in [5, 5.41) is 4.28. The van der Waals surface area contributed by atoms with Crippen molar-refractivity contribution in [1.82, 2.24) is 10.0 Å². The van der Waals surface area contributed by atoms with E-state index < -0.39 is 0 Å². The van der Waals surface area contributed by atoms with Gasteiger partial charge in [-0.25, -0.2) is 5.01 Å². The molecule has 2 aromatic carbocycles. The Kier molecular flexibility index (Phi) is 3.46. The van der Waals surface area contributed by atoms with Crippen molar-refractivity contribution in [3.05, 3.63) is 64.9 Å². The fourth-order valence-corrected chi connectivity index (χ4v) is 5.52. The monoisotopic (exact) mass is 388 g/mol. The van der Waals surface area contributed by atoms with Gasteiger partial charge in [0.05, 0.1) is 6.04 Å². The molecule has 1 amide bonds. The molecule has 0 radical (unpaired) electrons. The molecule has 4 aliphatic rings. The topological polar surface area (TPSA) is 42.0 Å². The molecule has 3 heterocycles. The molecule has 0 N–H and O–H groups in total. The smallest absolute Gasteiger partial charge is 0.243 e. The molecule has 3 aliphatic heterocycles. The van der Waals surface area contributed by atoms with E-state index in [-0.39, 0.29) is 23.4 Å². The van der Waals surface area contributed by atoms with E-state index in [1.54, 1.807) is 0 Å². The van der Waals surface area contributed by atoms with Crippen LogP contribution in [0.25, 0.3) is 6.08 Å². The molecule has 148 valence electrons. The van der Waals surface area contributed by atoms with Gasteiger partial charge in [0.15, 0.2) is 11.5 Å². The van der Waals surface area contributed by atoms with E-state index in [2.05, 4.69) is 43.1 Å². The highest BCUT2D eigenvalue weighted by molar-refractivity contribution is 5.83. The van der Waals surface area contributed by atoms with E-state index in [0.29, 0.717) is 19.6 Å². The first-order valence-electron chi connectivity index (χ1n) is 10.3. The average Bonchev–Trinajstić information content (AvgIpc) is 3.31. The third-order valence-electron chi connectivity index (χ3n) is 6.63. The fourth-order valence-electron chi connectivity index (χ4n) is 5.52. The van der Waals surface area contributed by atoms with Crippen LogP contribution in [0.1, 0.15) is 43.0 Å².